The van der Waals surface area contributed by atoms with Crippen molar-refractivity contribution in [2.24, 2.45) is 23.2 Å². The predicted molar refractivity (Wildman–Crippen MR) is 115 cm³/mol. The summed E-state index contributed by atoms with van der Waals surface area (Å²) >= 11 is 0. The standard InChI is InChI=1S/C26H30N2O2/c1-18(26-14-19-11-20(15-26)13-21(12-19)16-26)27-24(29)17-28-9-7-23(8-10-28)25(30)22-5-3-2-4-6-22/h2-10,18-21H,11-17H2,1H3/p+1/t18-,19?,20?,21?,26?/m1/s1. The molecule has 4 aliphatic rings. The molecule has 1 amide bonds. The molecule has 1 aromatic heterocycles. The molecular formula is C26H31N2O2+. The number of nitrogens with zero attached hydrogens (tertiary/aromatic N) is 1. The van der Waals surface area contributed by atoms with E-state index in [0.717, 1.165) is 17.8 Å². The van der Waals surface area contributed by atoms with Crippen molar-refractivity contribution >= 4 is 11.7 Å². The van der Waals surface area contributed by atoms with E-state index in [1.807, 2.05) is 47.3 Å². The molecule has 1 N–H and O–H groups in total. The van der Waals surface area contributed by atoms with Gasteiger partial charge in [0.05, 0.1) is 0 Å². The number of hydrogen-bond acceptors (Lipinski definition) is 2. The number of amides is 1. The van der Waals surface area contributed by atoms with E-state index in [0.29, 0.717) is 16.5 Å². The summed E-state index contributed by atoms with van der Waals surface area (Å²) in [5, 5.41) is 3.32. The average Bonchev–Trinajstić information content (AvgIpc) is 2.73. The zero-order valence-corrected chi connectivity index (χ0v) is 17.7. The second-order valence-corrected chi connectivity index (χ2v) is 10.0. The van der Waals surface area contributed by atoms with Crippen LogP contribution in [0, 0.1) is 23.2 Å². The summed E-state index contributed by atoms with van der Waals surface area (Å²) in [7, 11) is 0. The largest absolute Gasteiger partial charge is 0.348 e. The fourth-order valence-corrected chi connectivity index (χ4v) is 6.78. The lowest BCUT2D eigenvalue weighted by molar-refractivity contribution is -0.684. The van der Waals surface area contributed by atoms with Crippen LogP contribution in [-0.2, 0) is 11.3 Å². The highest BCUT2D eigenvalue weighted by Crippen LogP contribution is 2.61. The minimum absolute atomic E-state index is 0.00244. The molecular weight excluding hydrogens is 372 g/mol. The van der Waals surface area contributed by atoms with Crippen molar-refractivity contribution in [1.82, 2.24) is 5.32 Å². The normalized spacial score (nSPS) is 30.1. The van der Waals surface area contributed by atoms with Crippen LogP contribution < -0.4 is 9.88 Å². The summed E-state index contributed by atoms with van der Waals surface area (Å²) in [4.78, 5) is 25.3. The van der Waals surface area contributed by atoms with Crippen LogP contribution in [0.1, 0.15) is 61.4 Å². The summed E-state index contributed by atoms with van der Waals surface area (Å²) in [5.41, 5.74) is 1.64. The van der Waals surface area contributed by atoms with Gasteiger partial charge in [-0.1, -0.05) is 30.3 Å². The van der Waals surface area contributed by atoms with Gasteiger partial charge in [-0.05, 0) is 68.6 Å². The Hall–Kier alpha value is -2.49. The highest BCUT2D eigenvalue weighted by molar-refractivity contribution is 6.08. The molecule has 4 nitrogen and oxygen atoms in total. The van der Waals surface area contributed by atoms with Crippen LogP contribution in [0.3, 0.4) is 0 Å². The summed E-state index contributed by atoms with van der Waals surface area (Å²) in [6.07, 6.45) is 11.8. The van der Waals surface area contributed by atoms with Crippen LogP contribution in [0.4, 0.5) is 0 Å². The molecule has 2 aromatic rings. The van der Waals surface area contributed by atoms with E-state index < -0.39 is 0 Å². The van der Waals surface area contributed by atoms with Gasteiger partial charge in [0.25, 0.3) is 5.91 Å². The number of aromatic nitrogens is 1. The topological polar surface area (TPSA) is 50.1 Å². The van der Waals surface area contributed by atoms with E-state index in [1.54, 1.807) is 12.1 Å². The van der Waals surface area contributed by atoms with Crippen LogP contribution in [0.15, 0.2) is 54.9 Å². The van der Waals surface area contributed by atoms with Gasteiger partial charge in [0.1, 0.15) is 0 Å². The van der Waals surface area contributed by atoms with E-state index >= 15 is 0 Å². The van der Waals surface area contributed by atoms with E-state index in [1.165, 1.54) is 38.5 Å². The van der Waals surface area contributed by atoms with E-state index in [4.69, 9.17) is 0 Å². The first-order valence-corrected chi connectivity index (χ1v) is 11.4. The molecule has 4 bridgehead atoms. The first-order chi connectivity index (χ1) is 14.5. The van der Waals surface area contributed by atoms with E-state index in [-0.39, 0.29) is 24.3 Å². The molecule has 4 saturated carbocycles. The Labute approximate surface area is 178 Å². The van der Waals surface area contributed by atoms with E-state index in [9.17, 15) is 9.59 Å². The quantitative estimate of drug-likeness (QED) is 0.587. The molecule has 6 rings (SSSR count). The van der Waals surface area contributed by atoms with Gasteiger partial charge < -0.3 is 5.32 Å². The summed E-state index contributed by atoms with van der Waals surface area (Å²) in [5.74, 6) is 2.73. The van der Waals surface area contributed by atoms with Gasteiger partial charge in [-0.25, -0.2) is 0 Å². The Bertz CT molecular complexity index is 900. The second kappa shape index (κ2) is 7.64. The zero-order valence-electron chi connectivity index (χ0n) is 17.7. The number of ketones is 1. The van der Waals surface area contributed by atoms with Crippen molar-refractivity contribution in [3.63, 3.8) is 0 Å². The fraction of sp³-hybridized carbons (Fsp3) is 0.500. The third-order valence-corrected chi connectivity index (χ3v) is 7.90. The Morgan fingerprint density at radius 1 is 0.933 bits per heavy atom. The second-order valence-electron chi connectivity index (χ2n) is 10.0. The third-order valence-electron chi connectivity index (χ3n) is 7.90. The van der Waals surface area contributed by atoms with Crippen molar-refractivity contribution in [1.29, 1.82) is 0 Å². The summed E-state index contributed by atoms with van der Waals surface area (Å²) in [6.45, 7) is 2.51. The minimum atomic E-state index is 0.00244. The molecule has 4 aliphatic carbocycles. The lowest BCUT2D eigenvalue weighted by Gasteiger charge is -2.59. The van der Waals surface area contributed by atoms with Crippen LogP contribution in [0.25, 0.3) is 0 Å². The number of hydrogen-bond donors (Lipinski definition) is 1. The third kappa shape index (κ3) is 3.68. The van der Waals surface area contributed by atoms with Gasteiger partial charge in [-0.2, -0.15) is 4.57 Å². The van der Waals surface area contributed by atoms with Gasteiger partial charge in [0, 0.05) is 29.3 Å². The number of benzene rings is 1. The molecule has 156 valence electrons. The lowest BCUT2D eigenvalue weighted by atomic mass is 9.48. The fourth-order valence-electron chi connectivity index (χ4n) is 6.78. The van der Waals surface area contributed by atoms with Crippen molar-refractivity contribution in [2.45, 2.75) is 58.0 Å². The molecule has 4 fully saturated rings. The average molecular weight is 404 g/mol. The molecule has 0 spiro atoms. The highest BCUT2D eigenvalue weighted by Gasteiger charge is 2.53. The number of pyridine rings is 1. The Morgan fingerprint density at radius 3 is 2.03 bits per heavy atom. The monoisotopic (exact) mass is 403 g/mol. The maximum absolute atomic E-state index is 12.8. The van der Waals surface area contributed by atoms with E-state index in [2.05, 4.69) is 12.2 Å². The Kier molecular flexibility index (Phi) is 4.96. The zero-order chi connectivity index (χ0) is 20.7. The molecule has 0 unspecified atom stereocenters. The maximum Gasteiger partial charge on any atom is 0.286 e. The van der Waals surface area contributed by atoms with Crippen LogP contribution >= 0.6 is 0 Å². The number of nitrogens with one attached hydrogen (secondary N) is 1. The first kappa shape index (κ1) is 19.5. The minimum Gasteiger partial charge on any atom is -0.348 e. The Balaban J connectivity index is 1.20. The maximum atomic E-state index is 12.8. The molecule has 1 heterocycles. The number of carbonyl (C=O) groups is 2. The molecule has 1 aromatic carbocycles. The van der Waals surface area contributed by atoms with Crippen LogP contribution in [0.2, 0.25) is 0 Å². The van der Waals surface area contributed by atoms with Gasteiger partial charge in [-0.3, -0.25) is 9.59 Å². The van der Waals surface area contributed by atoms with Crippen molar-refractivity contribution in [3.8, 4) is 0 Å². The van der Waals surface area contributed by atoms with Crippen molar-refractivity contribution in [2.75, 3.05) is 0 Å². The number of carbonyl (C=O) groups excluding carboxylic acids is 2. The van der Waals surface area contributed by atoms with Gasteiger partial charge in [0.15, 0.2) is 18.2 Å². The lowest BCUT2D eigenvalue weighted by Crippen LogP contribution is -2.57. The van der Waals surface area contributed by atoms with Crippen molar-refractivity contribution < 1.29 is 14.2 Å². The highest BCUT2D eigenvalue weighted by atomic mass is 16.2. The smallest absolute Gasteiger partial charge is 0.286 e. The Morgan fingerprint density at radius 2 is 1.47 bits per heavy atom. The molecule has 0 radical (unpaired) electrons. The number of rotatable bonds is 6. The van der Waals surface area contributed by atoms with Crippen LogP contribution in [-0.4, -0.2) is 17.7 Å². The van der Waals surface area contributed by atoms with Gasteiger partial charge in [-0.15, -0.1) is 0 Å². The summed E-state index contributed by atoms with van der Waals surface area (Å²) in [6, 6.07) is 13.1. The molecule has 0 saturated heterocycles. The molecule has 4 heteroatoms. The first-order valence-electron chi connectivity index (χ1n) is 11.4. The SMILES string of the molecule is C[C@@H](NC(=O)C[n+]1ccc(C(=O)c2ccccc2)cc1)C12CC3CC(CC(C3)C1)C2. The van der Waals surface area contributed by atoms with Gasteiger partial charge in [0.2, 0.25) is 6.54 Å². The predicted octanol–water partition coefficient (Wildman–Crippen LogP) is 3.93. The summed E-state index contributed by atoms with van der Waals surface area (Å²) < 4.78 is 1.85. The molecule has 0 aliphatic heterocycles. The molecule has 30 heavy (non-hydrogen) atoms. The molecule has 1 atom stereocenters. The van der Waals surface area contributed by atoms with Crippen molar-refractivity contribution in [3.05, 3.63) is 66.0 Å². The van der Waals surface area contributed by atoms with Crippen LogP contribution in [0.5, 0.6) is 0 Å². The van der Waals surface area contributed by atoms with Gasteiger partial charge >= 0.3 is 0 Å².